The smallest absolute Gasteiger partial charge is 0.276 e. The quantitative estimate of drug-likeness (QED) is 0.260. The van der Waals surface area contributed by atoms with Crippen molar-refractivity contribution < 1.29 is 9.53 Å². The fraction of sp³-hybridized carbons (Fsp3) is 0.387. The highest BCUT2D eigenvalue weighted by atomic mass is 16.5. The van der Waals surface area contributed by atoms with Gasteiger partial charge >= 0.3 is 0 Å². The Bertz CT molecular complexity index is 1540. The molecule has 4 heterocycles. The zero-order chi connectivity index (χ0) is 29.7. The third-order valence-electron chi connectivity index (χ3n) is 7.09. The largest absolute Gasteiger partial charge is 0.379 e. The minimum Gasteiger partial charge on any atom is -0.379 e. The maximum Gasteiger partial charge on any atom is 0.276 e. The van der Waals surface area contributed by atoms with E-state index in [1.54, 1.807) is 12.5 Å². The summed E-state index contributed by atoms with van der Waals surface area (Å²) in [7, 11) is 0. The highest BCUT2D eigenvalue weighted by Gasteiger charge is 2.20. The lowest BCUT2D eigenvalue weighted by atomic mass is 10.1. The van der Waals surface area contributed by atoms with Crippen LogP contribution >= 0.6 is 0 Å². The van der Waals surface area contributed by atoms with Crippen molar-refractivity contribution in [3.8, 4) is 11.3 Å². The van der Waals surface area contributed by atoms with E-state index < -0.39 is 0 Å². The fourth-order valence-electron chi connectivity index (χ4n) is 4.90. The second-order valence-electron chi connectivity index (χ2n) is 11.4. The summed E-state index contributed by atoms with van der Waals surface area (Å²) in [5.41, 5.74) is 5.17. The van der Waals surface area contributed by atoms with E-state index in [1.807, 2.05) is 61.0 Å². The topological polar surface area (TPSA) is 122 Å². The van der Waals surface area contributed by atoms with Gasteiger partial charge in [0.1, 0.15) is 18.0 Å². The van der Waals surface area contributed by atoms with Gasteiger partial charge in [0.2, 0.25) is 0 Å². The van der Waals surface area contributed by atoms with Gasteiger partial charge in [-0.25, -0.2) is 15.0 Å². The number of amides is 1. The molecular weight excluding hydrogens is 530 g/mol. The lowest BCUT2D eigenvalue weighted by Gasteiger charge is -2.26. The summed E-state index contributed by atoms with van der Waals surface area (Å²) >= 11 is 0. The Kier molecular flexibility index (Phi) is 8.79. The predicted octanol–water partition coefficient (Wildman–Crippen LogP) is 4.85. The van der Waals surface area contributed by atoms with E-state index in [1.165, 1.54) is 0 Å². The maximum atomic E-state index is 13.0. The van der Waals surface area contributed by atoms with E-state index >= 15 is 0 Å². The number of nitrogens with one attached hydrogen (secondary N) is 3. The van der Waals surface area contributed by atoms with Crippen molar-refractivity contribution in [1.29, 1.82) is 0 Å². The van der Waals surface area contributed by atoms with Gasteiger partial charge in [-0.15, -0.1) is 0 Å². The van der Waals surface area contributed by atoms with Gasteiger partial charge < -0.3 is 20.7 Å². The van der Waals surface area contributed by atoms with Crippen LogP contribution in [-0.2, 0) is 10.3 Å². The van der Waals surface area contributed by atoms with Crippen molar-refractivity contribution in [2.24, 2.45) is 0 Å². The Balaban J connectivity index is 1.30. The highest BCUT2D eigenvalue weighted by Crippen LogP contribution is 2.30. The number of anilines is 4. The van der Waals surface area contributed by atoms with Gasteiger partial charge in [-0.1, -0.05) is 6.07 Å². The average Bonchev–Trinajstić information content (AvgIpc) is 3.38. The van der Waals surface area contributed by atoms with Crippen LogP contribution in [0.5, 0.6) is 0 Å². The van der Waals surface area contributed by atoms with E-state index in [9.17, 15) is 4.79 Å². The summed E-state index contributed by atoms with van der Waals surface area (Å²) in [6, 6.07) is 13.3. The Morgan fingerprint density at radius 1 is 1.02 bits per heavy atom. The molecule has 5 rings (SSSR count). The number of hydrogen-bond acceptors (Lipinski definition) is 9. The third-order valence-corrected chi connectivity index (χ3v) is 7.09. The molecule has 42 heavy (non-hydrogen) atoms. The molecule has 0 spiro atoms. The second-order valence-corrected chi connectivity index (χ2v) is 11.4. The fourth-order valence-corrected chi connectivity index (χ4v) is 4.90. The number of ether oxygens (including phenoxy) is 1. The average molecular weight is 570 g/mol. The normalized spacial score (nSPS) is 14.0. The molecule has 1 aromatic carbocycles. The zero-order valence-corrected chi connectivity index (χ0v) is 24.9. The molecule has 0 saturated carbocycles. The number of pyridine rings is 1. The standard InChI is InChI=1S/C31H39N9O2/c1-21-8-9-23(36-30(41)27-17-22(2)40(38-27)31(3,4)5)18-25(21)37-29-24(7-6-10-33-29)26-19-28(35-20-34-26)32-11-12-39-13-15-42-16-14-39/h6-10,17-20H,11-16H2,1-5H3,(H,33,37)(H,36,41)(H,32,34,35). The SMILES string of the molecule is Cc1ccc(NC(=O)c2cc(C)n(C(C)(C)C)n2)cc1Nc1ncccc1-c1cc(NCCN2CCOCC2)ncn1. The number of rotatable bonds is 9. The van der Waals surface area contributed by atoms with Crippen LogP contribution in [0, 0.1) is 13.8 Å². The lowest BCUT2D eigenvalue weighted by molar-refractivity contribution is 0.0398. The molecular formula is C31H39N9O2. The summed E-state index contributed by atoms with van der Waals surface area (Å²) in [4.78, 5) is 29.0. The Morgan fingerprint density at radius 3 is 2.60 bits per heavy atom. The van der Waals surface area contributed by atoms with E-state index in [0.29, 0.717) is 17.2 Å². The van der Waals surface area contributed by atoms with E-state index in [2.05, 4.69) is 61.7 Å². The van der Waals surface area contributed by atoms with Crippen LogP contribution in [0.1, 0.15) is 42.5 Å². The summed E-state index contributed by atoms with van der Waals surface area (Å²) in [5.74, 6) is 1.15. The van der Waals surface area contributed by atoms with E-state index in [-0.39, 0.29) is 11.4 Å². The molecule has 3 aromatic heterocycles. The first-order chi connectivity index (χ1) is 20.2. The van der Waals surface area contributed by atoms with Gasteiger partial charge in [0.25, 0.3) is 5.91 Å². The molecule has 220 valence electrons. The van der Waals surface area contributed by atoms with Gasteiger partial charge in [-0.05, 0) is 70.5 Å². The molecule has 11 nitrogen and oxygen atoms in total. The first-order valence-electron chi connectivity index (χ1n) is 14.2. The van der Waals surface area contributed by atoms with E-state index in [4.69, 9.17) is 4.74 Å². The van der Waals surface area contributed by atoms with Crippen LogP contribution in [0.3, 0.4) is 0 Å². The van der Waals surface area contributed by atoms with Crippen LogP contribution < -0.4 is 16.0 Å². The van der Waals surface area contributed by atoms with Crippen LogP contribution in [0.25, 0.3) is 11.3 Å². The third kappa shape index (κ3) is 7.10. The molecule has 0 bridgehead atoms. The predicted molar refractivity (Wildman–Crippen MR) is 165 cm³/mol. The van der Waals surface area contributed by atoms with Crippen LogP contribution in [0.15, 0.2) is 55.0 Å². The van der Waals surface area contributed by atoms with E-state index in [0.717, 1.165) is 73.4 Å². The van der Waals surface area contributed by atoms with Gasteiger partial charge in [0, 0.05) is 61.1 Å². The van der Waals surface area contributed by atoms with Crippen LogP contribution in [-0.4, -0.2) is 74.9 Å². The summed E-state index contributed by atoms with van der Waals surface area (Å²) < 4.78 is 7.30. The Morgan fingerprint density at radius 2 is 1.83 bits per heavy atom. The van der Waals surface area contributed by atoms with Crippen LogP contribution in [0.4, 0.5) is 23.0 Å². The first-order valence-corrected chi connectivity index (χ1v) is 14.2. The molecule has 1 fully saturated rings. The zero-order valence-electron chi connectivity index (χ0n) is 24.9. The molecule has 3 N–H and O–H groups in total. The van der Waals surface area contributed by atoms with Gasteiger partial charge in [-0.2, -0.15) is 5.10 Å². The minimum atomic E-state index is -0.260. The molecule has 1 amide bonds. The molecule has 1 aliphatic rings. The number of benzene rings is 1. The first kappa shape index (κ1) is 29.2. The number of hydrogen-bond donors (Lipinski definition) is 3. The molecule has 4 aromatic rings. The number of carbonyl (C=O) groups is 1. The highest BCUT2D eigenvalue weighted by molar-refractivity contribution is 6.03. The Labute approximate surface area is 246 Å². The van der Waals surface area contributed by atoms with Crippen molar-refractivity contribution in [2.45, 2.75) is 40.2 Å². The molecule has 1 saturated heterocycles. The van der Waals surface area contributed by atoms with Crippen molar-refractivity contribution in [3.05, 3.63) is 71.9 Å². The molecule has 11 heteroatoms. The summed E-state index contributed by atoms with van der Waals surface area (Å²) in [6.07, 6.45) is 3.30. The van der Waals surface area contributed by atoms with Gasteiger partial charge in [0.05, 0.1) is 24.4 Å². The number of morpholine rings is 1. The van der Waals surface area contributed by atoms with Gasteiger partial charge in [-0.3, -0.25) is 14.4 Å². The minimum absolute atomic E-state index is 0.215. The number of aryl methyl sites for hydroxylation is 2. The van der Waals surface area contributed by atoms with Crippen LogP contribution in [0.2, 0.25) is 0 Å². The number of aromatic nitrogens is 5. The second kappa shape index (κ2) is 12.7. The lowest BCUT2D eigenvalue weighted by Crippen LogP contribution is -2.39. The number of nitrogens with zero attached hydrogens (tertiary/aromatic N) is 6. The van der Waals surface area contributed by atoms with Gasteiger partial charge in [0.15, 0.2) is 5.69 Å². The summed E-state index contributed by atoms with van der Waals surface area (Å²) in [6.45, 7) is 15.3. The van der Waals surface area contributed by atoms with Crippen molar-refractivity contribution in [3.63, 3.8) is 0 Å². The summed E-state index contributed by atoms with van der Waals surface area (Å²) in [5, 5.41) is 14.4. The molecule has 0 atom stereocenters. The number of carbonyl (C=O) groups excluding carboxylic acids is 1. The molecule has 0 unspecified atom stereocenters. The van der Waals surface area contributed by atoms with Crippen molar-refractivity contribution in [1.82, 2.24) is 29.6 Å². The van der Waals surface area contributed by atoms with Crippen molar-refractivity contribution in [2.75, 3.05) is 55.3 Å². The molecule has 1 aliphatic heterocycles. The Hall–Kier alpha value is -4.35. The van der Waals surface area contributed by atoms with Crippen molar-refractivity contribution >= 4 is 28.9 Å². The monoisotopic (exact) mass is 569 g/mol. The molecule has 0 aliphatic carbocycles. The maximum absolute atomic E-state index is 13.0. The molecule has 0 radical (unpaired) electrons.